The molecule has 4 nitrogen and oxygen atoms in total. The molecule has 0 radical (unpaired) electrons. The van der Waals surface area contributed by atoms with Crippen molar-refractivity contribution in [3.8, 4) is 5.06 Å². The molecule has 5 heteroatoms. The number of nitrogens with zero attached hydrogens (tertiary/aromatic N) is 2. The van der Waals surface area contributed by atoms with E-state index >= 15 is 0 Å². The van der Waals surface area contributed by atoms with Gasteiger partial charge in [-0.25, -0.2) is 4.85 Å². The Morgan fingerprint density at radius 2 is 2.18 bits per heavy atom. The molecule has 1 aliphatic rings. The Kier molecular flexibility index (Phi) is 4.12. The Morgan fingerprint density at radius 3 is 2.91 bits per heavy atom. The molecule has 22 heavy (non-hydrogen) atoms. The van der Waals surface area contributed by atoms with Crippen LogP contribution in [0.4, 0.5) is 11.4 Å². The molecule has 0 aliphatic carbocycles. The molecule has 0 N–H and O–H groups in total. The van der Waals surface area contributed by atoms with E-state index in [0.29, 0.717) is 12.1 Å². The second-order valence-corrected chi connectivity index (χ2v) is 6.32. The molecule has 0 spiro atoms. The van der Waals surface area contributed by atoms with Crippen molar-refractivity contribution in [1.82, 2.24) is 0 Å². The Labute approximate surface area is 133 Å². The topological polar surface area (TPSA) is 33.9 Å². The summed E-state index contributed by atoms with van der Waals surface area (Å²) in [6, 6.07) is 11.4. The highest BCUT2D eigenvalue weighted by Crippen LogP contribution is 2.36. The fourth-order valence-corrected chi connectivity index (χ4v) is 3.73. The van der Waals surface area contributed by atoms with Gasteiger partial charge in [0.15, 0.2) is 5.06 Å². The molecule has 1 fully saturated rings. The van der Waals surface area contributed by atoms with Crippen LogP contribution in [-0.4, -0.2) is 19.1 Å². The van der Waals surface area contributed by atoms with E-state index in [1.165, 1.54) is 4.88 Å². The summed E-state index contributed by atoms with van der Waals surface area (Å²) in [7, 11) is 1.66. The van der Waals surface area contributed by atoms with Gasteiger partial charge in [-0.1, -0.05) is 18.2 Å². The second-order valence-electron chi connectivity index (χ2n) is 5.19. The fourth-order valence-electron chi connectivity index (χ4n) is 2.84. The number of anilines is 1. The van der Waals surface area contributed by atoms with Crippen LogP contribution < -0.4 is 9.64 Å². The van der Waals surface area contributed by atoms with E-state index in [4.69, 9.17) is 11.3 Å². The van der Waals surface area contributed by atoms with Gasteiger partial charge in [-0.15, -0.1) is 11.3 Å². The predicted molar refractivity (Wildman–Crippen MR) is 87.8 cm³/mol. The molecule has 0 unspecified atom stereocenters. The Hall–Kier alpha value is -2.32. The van der Waals surface area contributed by atoms with Crippen molar-refractivity contribution in [1.29, 1.82) is 0 Å². The maximum absolute atomic E-state index is 12.3. The zero-order valence-electron chi connectivity index (χ0n) is 12.3. The number of rotatable bonds is 4. The molecule has 0 saturated carbocycles. The number of methoxy groups -OCH3 is 1. The minimum atomic E-state index is 0.102. The summed E-state index contributed by atoms with van der Waals surface area (Å²) in [6.07, 6.45) is 2.16. The fraction of sp³-hybridized carbons (Fsp3) is 0.294. The number of hydrogen-bond donors (Lipinski definition) is 0. The first-order valence-corrected chi connectivity index (χ1v) is 7.96. The summed E-state index contributed by atoms with van der Waals surface area (Å²) in [5.74, 6) is 0.102. The smallest absolute Gasteiger partial charge is 0.226 e. The Morgan fingerprint density at radius 1 is 1.36 bits per heavy atom. The zero-order valence-corrected chi connectivity index (χ0v) is 13.1. The summed E-state index contributed by atoms with van der Waals surface area (Å²) in [5.41, 5.74) is 1.26. The van der Waals surface area contributed by atoms with Crippen LogP contribution in [0.1, 0.15) is 17.7 Å². The number of para-hydroxylation sites is 2. The lowest BCUT2D eigenvalue weighted by atomic mass is 10.1. The van der Waals surface area contributed by atoms with Crippen LogP contribution in [0, 0.1) is 6.57 Å². The van der Waals surface area contributed by atoms with Gasteiger partial charge in [0, 0.05) is 29.4 Å². The molecule has 1 aromatic carbocycles. The van der Waals surface area contributed by atoms with E-state index in [9.17, 15) is 4.79 Å². The van der Waals surface area contributed by atoms with Crippen LogP contribution in [0.15, 0.2) is 36.4 Å². The van der Waals surface area contributed by atoms with Crippen molar-refractivity contribution in [2.75, 3.05) is 12.0 Å². The summed E-state index contributed by atoms with van der Waals surface area (Å²) in [4.78, 5) is 18.9. The van der Waals surface area contributed by atoms with E-state index < -0.39 is 0 Å². The average Bonchev–Trinajstić information content (AvgIpc) is 3.14. The van der Waals surface area contributed by atoms with Gasteiger partial charge in [0.05, 0.1) is 13.7 Å². The van der Waals surface area contributed by atoms with E-state index in [2.05, 4.69) is 4.85 Å². The Bertz CT molecular complexity index is 732. The summed E-state index contributed by atoms with van der Waals surface area (Å²) < 4.78 is 5.23. The SMILES string of the molecule is [C-]#[N+]c1ccccc1N1C(=O)CC[C@H]1Cc1ccc(OC)s1. The van der Waals surface area contributed by atoms with Gasteiger partial charge in [-0.05, 0) is 24.6 Å². The first-order chi connectivity index (χ1) is 10.7. The maximum Gasteiger partial charge on any atom is 0.226 e. The molecular weight excluding hydrogens is 296 g/mol. The summed E-state index contributed by atoms with van der Waals surface area (Å²) in [5, 5.41) is 0.882. The normalized spacial score (nSPS) is 17.5. The van der Waals surface area contributed by atoms with Gasteiger partial charge in [-0.3, -0.25) is 4.79 Å². The number of thiophene rings is 1. The van der Waals surface area contributed by atoms with E-state index in [0.717, 1.165) is 23.6 Å². The third-order valence-electron chi connectivity index (χ3n) is 3.86. The lowest BCUT2D eigenvalue weighted by Crippen LogP contribution is -2.34. The van der Waals surface area contributed by atoms with Gasteiger partial charge in [0.2, 0.25) is 11.6 Å². The number of amides is 1. The van der Waals surface area contributed by atoms with Gasteiger partial charge >= 0.3 is 0 Å². The van der Waals surface area contributed by atoms with Gasteiger partial charge in [0.1, 0.15) is 0 Å². The molecule has 112 valence electrons. The molecule has 1 atom stereocenters. The number of carbonyl (C=O) groups is 1. The molecule has 1 aliphatic heterocycles. The lowest BCUT2D eigenvalue weighted by Gasteiger charge is -2.25. The van der Waals surface area contributed by atoms with Gasteiger partial charge in [-0.2, -0.15) is 0 Å². The molecule has 2 aromatic rings. The molecular formula is C17H16N2O2S. The molecule has 1 amide bonds. The minimum absolute atomic E-state index is 0.102. The zero-order chi connectivity index (χ0) is 15.5. The van der Waals surface area contributed by atoms with E-state index in [-0.39, 0.29) is 11.9 Å². The average molecular weight is 312 g/mol. The number of hydrogen-bond acceptors (Lipinski definition) is 3. The standard InChI is InChI=1S/C17H16N2O2S/c1-18-14-5-3-4-6-15(14)19-12(7-9-16(19)20)11-13-8-10-17(21-2)22-13/h3-6,8,10,12H,7,9,11H2,2H3/t12-/m0/s1. The van der Waals surface area contributed by atoms with E-state index in [1.807, 2.05) is 30.3 Å². The van der Waals surface area contributed by atoms with Crippen molar-refractivity contribution < 1.29 is 9.53 Å². The molecule has 1 aromatic heterocycles. The highest BCUT2D eigenvalue weighted by Gasteiger charge is 2.33. The van der Waals surface area contributed by atoms with Crippen molar-refractivity contribution in [2.24, 2.45) is 0 Å². The van der Waals surface area contributed by atoms with E-state index in [1.54, 1.807) is 29.4 Å². The minimum Gasteiger partial charge on any atom is -0.487 e. The lowest BCUT2D eigenvalue weighted by molar-refractivity contribution is -0.117. The second kappa shape index (κ2) is 6.20. The van der Waals surface area contributed by atoms with Crippen molar-refractivity contribution in [3.05, 3.63) is 52.7 Å². The van der Waals surface area contributed by atoms with Crippen LogP contribution in [0.5, 0.6) is 5.06 Å². The highest BCUT2D eigenvalue weighted by atomic mass is 32.1. The Balaban J connectivity index is 1.88. The third kappa shape index (κ3) is 2.70. The first kappa shape index (κ1) is 14.6. The third-order valence-corrected chi connectivity index (χ3v) is 4.93. The van der Waals surface area contributed by atoms with Crippen LogP contribution in [0.25, 0.3) is 4.85 Å². The summed E-state index contributed by atoms with van der Waals surface area (Å²) >= 11 is 1.61. The largest absolute Gasteiger partial charge is 0.487 e. The maximum atomic E-state index is 12.3. The molecule has 3 rings (SSSR count). The van der Waals surface area contributed by atoms with Crippen LogP contribution in [-0.2, 0) is 11.2 Å². The van der Waals surface area contributed by atoms with Crippen LogP contribution >= 0.6 is 11.3 Å². The molecule has 1 saturated heterocycles. The number of ether oxygens (including phenoxy) is 1. The monoisotopic (exact) mass is 312 g/mol. The van der Waals surface area contributed by atoms with Crippen molar-refractivity contribution in [2.45, 2.75) is 25.3 Å². The van der Waals surface area contributed by atoms with Crippen molar-refractivity contribution in [3.63, 3.8) is 0 Å². The van der Waals surface area contributed by atoms with Gasteiger partial charge in [0.25, 0.3) is 0 Å². The number of carbonyl (C=O) groups excluding carboxylic acids is 1. The van der Waals surface area contributed by atoms with Gasteiger partial charge < -0.3 is 9.64 Å². The quantitative estimate of drug-likeness (QED) is 0.798. The molecule has 0 bridgehead atoms. The number of benzene rings is 1. The first-order valence-electron chi connectivity index (χ1n) is 7.14. The van der Waals surface area contributed by atoms with Crippen LogP contribution in [0.3, 0.4) is 0 Å². The van der Waals surface area contributed by atoms with Crippen LogP contribution in [0.2, 0.25) is 0 Å². The molecule has 2 heterocycles. The summed E-state index contributed by atoms with van der Waals surface area (Å²) in [6.45, 7) is 7.30. The van der Waals surface area contributed by atoms with Crippen molar-refractivity contribution >= 4 is 28.6 Å². The predicted octanol–water partition coefficient (Wildman–Crippen LogP) is 4.05. The highest BCUT2D eigenvalue weighted by molar-refractivity contribution is 7.13.